The van der Waals surface area contributed by atoms with Crippen LogP contribution >= 0.6 is 11.6 Å². The number of carbonyl (C=O) groups is 2. The van der Waals surface area contributed by atoms with Crippen LogP contribution in [0, 0.1) is 5.41 Å². The zero-order chi connectivity index (χ0) is 14.2. The first-order chi connectivity index (χ1) is 8.95. The molecule has 0 aromatic heterocycles. The van der Waals surface area contributed by atoms with Gasteiger partial charge in [-0.05, 0) is 31.0 Å². The molecule has 1 heterocycles. The number of halogens is 1. The topological polar surface area (TPSA) is 63.4 Å². The van der Waals surface area contributed by atoms with Crippen LogP contribution in [0.15, 0.2) is 18.2 Å². The van der Waals surface area contributed by atoms with Crippen molar-refractivity contribution in [2.75, 3.05) is 10.6 Å². The molecule has 102 valence electrons. The molecule has 0 unspecified atom stereocenters. The Morgan fingerprint density at radius 2 is 1.95 bits per heavy atom. The lowest BCUT2D eigenvalue weighted by atomic mass is 9.81. The van der Waals surface area contributed by atoms with Crippen molar-refractivity contribution in [3.63, 3.8) is 0 Å². The number of nitrogens with zero attached hydrogens (tertiary/aromatic N) is 1. The van der Waals surface area contributed by atoms with E-state index in [9.17, 15) is 9.59 Å². The highest BCUT2D eigenvalue weighted by atomic mass is 35.5. The monoisotopic (exact) mass is 280 g/mol. The average Bonchev–Trinajstić information content (AvgIpc) is 2.62. The van der Waals surface area contributed by atoms with E-state index in [1.165, 1.54) is 4.90 Å². The highest BCUT2D eigenvalue weighted by Crippen LogP contribution is 2.43. The van der Waals surface area contributed by atoms with Gasteiger partial charge in [0.2, 0.25) is 11.8 Å². The van der Waals surface area contributed by atoms with E-state index >= 15 is 0 Å². The van der Waals surface area contributed by atoms with Gasteiger partial charge >= 0.3 is 0 Å². The molecule has 1 fully saturated rings. The first-order valence-corrected chi connectivity index (χ1v) is 6.75. The largest absolute Gasteiger partial charge is 0.399 e. The Bertz CT molecular complexity index is 538. The van der Waals surface area contributed by atoms with E-state index < -0.39 is 5.41 Å². The Morgan fingerprint density at radius 3 is 2.42 bits per heavy atom. The fourth-order valence-corrected chi connectivity index (χ4v) is 2.82. The molecule has 0 aliphatic carbocycles. The zero-order valence-corrected chi connectivity index (χ0v) is 11.8. The molecule has 1 aromatic rings. The summed E-state index contributed by atoms with van der Waals surface area (Å²) in [4.78, 5) is 25.9. The minimum Gasteiger partial charge on any atom is -0.399 e. The van der Waals surface area contributed by atoms with Gasteiger partial charge in [-0.1, -0.05) is 25.4 Å². The predicted molar refractivity (Wildman–Crippen MR) is 76.0 cm³/mol. The lowest BCUT2D eigenvalue weighted by Crippen LogP contribution is -2.35. The lowest BCUT2D eigenvalue weighted by molar-refractivity contribution is -0.126. The maximum absolute atomic E-state index is 12.6. The van der Waals surface area contributed by atoms with Crippen LogP contribution in [0.3, 0.4) is 0 Å². The van der Waals surface area contributed by atoms with Crippen molar-refractivity contribution in [3.05, 3.63) is 23.2 Å². The number of nitrogens with two attached hydrogens (primary N) is 1. The lowest BCUT2D eigenvalue weighted by Gasteiger charge is -2.24. The van der Waals surface area contributed by atoms with Gasteiger partial charge in [-0.15, -0.1) is 0 Å². The number of hydrogen-bond donors (Lipinski definition) is 1. The highest BCUT2D eigenvalue weighted by molar-refractivity contribution is 6.36. The molecule has 2 amide bonds. The van der Waals surface area contributed by atoms with Crippen molar-refractivity contribution in [1.82, 2.24) is 0 Å². The maximum atomic E-state index is 12.6. The van der Waals surface area contributed by atoms with Crippen LogP contribution in [0.4, 0.5) is 11.4 Å². The van der Waals surface area contributed by atoms with Gasteiger partial charge < -0.3 is 5.73 Å². The summed E-state index contributed by atoms with van der Waals surface area (Å²) in [5, 5.41) is 0.324. The molecule has 1 aliphatic heterocycles. The van der Waals surface area contributed by atoms with Crippen LogP contribution in [0.5, 0.6) is 0 Å². The molecule has 2 rings (SSSR count). The highest BCUT2D eigenvalue weighted by Gasteiger charge is 2.50. The van der Waals surface area contributed by atoms with E-state index in [1.807, 2.05) is 13.8 Å². The number of rotatable bonds is 3. The smallest absolute Gasteiger partial charge is 0.240 e. The molecule has 1 saturated heterocycles. The second kappa shape index (κ2) is 4.85. The summed E-state index contributed by atoms with van der Waals surface area (Å²) in [6, 6.07) is 4.81. The number of benzene rings is 1. The number of anilines is 2. The fourth-order valence-electron chi connectivity index (χ4n) is 2.55. The Labute approximate surface area is 117 Å². The molecule has 19 heavy (non-hydrogen) atoms. The maximum Gasteiger partial charge on any atom is 0.240 e. The van der Waals surface area contributed by atoms with Crippen LogP contribution < -0.4 is 10.6 Å². The van der Waals surface area contributed by atoms with E-state index in [0.29, 0.717) is 29.2 Å². The van der Waals surface area contributed by atoms with Crippen molar-refractivity contribution < 1.29 is 9.59 Å². The SMILES string of the molecule is CCC1(CC)CC(=O)N(c2ccc(N)cc2Cl)C1=O. The van der Waals surface area contributed by atoms with Gasteiger partial charge in [-0.2, -0.15) is 0 Å². The molecule has 0 atom stereocenters. The number of nitrogen functional groups attached to an aromatic ring is 1. The van der Waals surface area contributed by atoms with Gasteiger partial charge in [0, 0.05) is 12.1 Å². The number of carbonyl (C=O) groups excluding carboxylic acids is 2. The quantitative estimate of drug-likeness (QED) is 0.684. The third-order valence-corrected chi connectivity index (χ3v) is 4.26. The molecular weight excluding hydrogens is 264 g/mol. The van der Waals surface area contributed by atoms with Crippen molar-refractivity contribution >= 4 is 34.8 Å². The second-order valence-electron chi connectivity index (χ2n) is 4.91. The van der Waals surface area contributed by atoms with Crippen LogP contribution in [0.2, 0.25) is 5.02 Å². The molecular formula is C14H17ClN2O2. The number of imide groups is 1. The van der Waals surface area contributed by atoms with Crippen LogP contribution in [-0.2, 0) is 9.59 Å². The second-order valence-corrected chi connectivity index (χ2v) is 5.32. The zero-order valence-electron chi connectivity index (χ0n) is 11.1. The Balaban J connectivity index is 2.46. The first-order valence-electron chi connectivity index (χ1n) is 6.37. The van der Waals surface area contributed by atoms with Crippen LogP contribution in [0.25, 0.3) is 0 Å². The van der Waals surface area contributed by atoms with E-state index in [0.717, 1.165) is 0 Å². The van der Waals surface area contributed by atoms with Gasteiger partial charge in [0.05, 0.1) is 16.1 Å². The first kappa shape index (κ1) is 13.9. The normalized spacial score (nSPS) is 18.2. The minimum atomic E-state index is -0.582. The Morgan fingerprint density at radius 1 is 1.32 bits per heavy atom. The van der Waals surface area contributed by atoms with E-state index in [2.05, 4.69) is 0 Å². The van der Waals surface area contributed by atoms with Gasteiger partial charge in [0.25, 0.3) is 0 Å². The molecule has 1 aromatic carbocycles. The van der Waals surface area contributed by atoms with Crippen molar-refractivity contribution in [2.45, 2.75) is 33.1 Å². The van der Waals surface area contributed by atoms with Crippen LogP contribution in [-0.4, -0.2) is 11.8 Å². The summed E-state index contributed by atoms with van der Waals surface area (Å²) in [5.74, 6) is -0.352. The molecule has 0 saturated carbocycles. The molecule has 0 radical (unpaired) electrons. The summed E-state index contributed by atoms with van der Waals surface area (Å²) >= 11 is 6.09. The average molecular weight is 281 g/mol. The minimum absolute atomic E-state index is 0.158. The van der Waals surface area contributed by atoms with Gasteiger partial charge in [-0.3, -0.25) is 9.59 Å². The Kier molecular flexibility index (Phi) is 3.54. The number of amides is 2. The molecule has 1 aliphatic rings. The molecule has 0 spiro atoms. The third kappa shape index (κ3) is 2.10. The van der Waals surface area contributed by atoms with Gasteiger partial charge in [0.1, 0.15) is 0 Å². The van der Waals surface area contributed by atoms with Crippen LogP contribution in [0.1, 0.15) is 33.1 Å². The molecule has 5 heteroatoms. The summed E-state index contributed by atoms with van der Waals surface area (Å²) in [5.41, 5.74) is 5.98. The summed E-state index contributed by atoms with van der Waals surface area (Å²) in [6.45, 7) is 3.87. The predicted octanol–water partition coefficient (Wildman–Crippen LogP) is 2.99. The summed E-state index contributed by atoms with van der Waals surface area (Å²) in [7, 11) is 0. The number of hydrogen-bond acceptors (Lipinski definition) is 3. The third-order valence-electron chi connectivity index (χ3n) is 3.96. The molecule has 2 N–H and O–H groups in total. The van der Waals surface area contributed by atoms with Crippen molar-refractivity contribution in [2.24, 2.45) is 5.41 Å². The standard InChI is InChI=1S/C14H17ClN2O2/c1-3-14(4-2)8-12(18)17(13(14)19)11-6-5-9(16)7-10(11)15/h5-7H,3-4,8,16H2,1-2H3. The van der Waals surface area contributed by atoms with E-state index in [4.69, 9.17) is 17.3 Å². The van der Waals surface area contributed by atoms with Crippen molar-refractivity contribution in [1.29, 1.82) is 0 Å². The van der Waals surface area contributed by atoms with Gasteiger partial charge in [0.15, 0.2) is 0 Å². The van der Waals surface area contributed by atoms with E-state index in [-0.39, 0.29) is 18.2 Å². The molecule has 4 nitrogen and oxygen atoms in total. The van der Waals surface area contributed by atoms with Gasteiger partial charge in [-0.25, -0.2) is 4.90 Å². The Hall–Kier alpha value is -1.55. The molecule has 0 bridgehead atoms. The summed E-state index contributed by atoms with van der Waals surface area (Å²) in [6.07, 6.45) is 1.55. The van der Waals surface area contributed by atoms with E-state index in [1.54, 1.807) is 18.2 Å². The fraction of sp³-hybridized carbons (Fsp3) is 0.429. The van der Waals surface area contributed by atoms with Crippen molar-refractivity contribution in [3.8, 4) is 0 Å². The summed E-state index contributed by atoms with van der Waals surface area (Å²) < 4.78 is 0.